The topological polar surface area (TPSA) is 74.8 Å². The molecule has 5 rings (SSSR count). The van der Waals surface area contributed by atoms with Crippen LogP contribution in [-0.4, -0.2) is 24.9 Å². The molecule has 1 aliphatic carbocycles. The molecule has 0 radical (unpaired) electrons. The lowest BCUT2D eigenvalue weighted by Gasteiger charge is -2.20. The second-order valence-electron chi connectivity index (χ2n) is 7.61. The maximum Gasteiger partial charge on any atom is 0.206 e. The molecule has 3 aromatic rings. The highest BCUT2D eigenvalue weighted by Crippen LogP contribution is 2.34. The summed E-state index contributed by atoms with van der Waals surface area (Å²) in [7, 11) is -3.56. The summed E-state index contributed by atoms with van der Waals surface area (Å²) in [5, 5.41) is 3.30. The number of imidazole rings is 1. The van der Waals surface area contributed by atoms with Gasteiger partial charge in [0.05, 0.1) is 20.8 Å². The minimum Gasteiger partial charge on any atom is -0.342 e. The molecule has 27 heavy (non-hydrogen) atoms. The van der Waals surface area contributed by atoms with Crippen molar-refractivity contribution < 1.29 is 8.42 Å². The maximum atomic E-state index is 13.4. The number of nitrogens with one attached hydrogen (secondary N) is 2. The molecule has 0 amide bonds. The summed E-state index contributed by atoms with van der Waals surface area (Å²) >= 11 is 0. The van der Waals surface area contributed by atoms with Crippen molar-refractivity contribution in [3.8, 4) is 0 Å². The molecule has 0 spiro atoms. The van der Waals surface area contributed by atoms with E-state index in [1.807, 2.05) is 18.2 Å². The minimum absolute atomic E-state index is 0.337. The molecule has 1 aromatic heterocycles. The fourth-order valence-electron chi connectivity index (χ4n) is 4.44. The van der Waals surface area contributed by atoms with Crippen LogP contribution in [0.2, 0.25) is 0 Å². The van der Waals surface area contributed by atoms with E-state index < -0.39 is 9.84 Å². The van der Waals surface area contributed by atoms with Gasteiger partial charge in [-0.1, -0.05) is 25.0 Å². The van der Waals surface area contributed by atoms with Crippen molar-refractivity contribution in [2.24, 2.45) is 0 Å². The molecule has 5 nitrogen and oxygen atoms in total. The molecule has 2 heterocycles. The molecule has 2 aliphatic rings. The predicted octanol–water partition coefficient (Wildman–Crippen LogP) is 3.70. The fraction of sp³-hybridized carbons (Fsp3) is 0.381. The SMILES string of the molecule is O=S(=O)(c1ccc2nc(C3CCCC3)[nH]c2c1)c1cccc2c1CCNC2. The van der Waals surface area contributed by atoms with Crippen LogP contribution in [0, 0.1) is 0 Å². The highest BCUT2D eigenvalue weighted by molar-refractivity contribution is 7.91. The van der Waals surface area contributed by atoms with Crippen molar-refractivity contribution in [2.45, 2.75) is 54.4 Å². The highest BCUT2D eigenvalue weighted by atomic mass is 32.2. The number of nitrogens with zero attached hydrogens (tertiary/aromatic N) is 1. The first kappa shape index (κ1) is 17.0. The minimum atomic E-state index is -3.56. The third-order valence-corrected chi connectivity index (χ3v) is 7.75. The second-order valence-corrected chi connectivity index (χ2v) is 9.52. The maximum absolute atomic E-state index is 13.4. The van der Waals surface area contributed by atoms with Gasteiger partial charge in [-0.2, -0.15) is 0 Å². The third kappa shape index (κ3) is 2.87. The van der Waals surface area contributed by atoms with Crippen LogP contribution in [0.4, 0.5) is 0 Å². The standard InChI is InChI=1S/C21H23N3O2S/c25-27(26,20-7-3-6-15-13-22-11-10-17(15)20)16-8-9-18-19(12-16)24-21(23-18)14-4-1-2-5-14/h3,6-9,12,14,22H,1-2,4-5,10-11,13H2,(H,23,24). The Morgan fingerprint density at radius 2 is 1.93 bits per heavy atom. The molecule has 2 aromatic carbocycles. The Hall–Kier alpha value is -2.18. The van der Waals surface area contributed by atoms with E-state index >= 15 is 0 Å². The molecule has 0 saturated heterocycles. The Morgan fingerprint density at radius 1 is 1.07 bits per heavy atom. The molecule has 1 fully saturated rings. The van der Waals surface area contributed by atoms with Gasteiger partial charge in [0, 0.05) is 12.5 Å². The van der Waals surface area contributed by atoms with Crippen LogP contribution in [0.1, 0.15) is 48.6 Å². The van der Waals surface area contributed by atoms with Crippen LogP contribution in [0.3, 0.4) is 0 Å². The van der Waals surface area contributed by atoms with E-state index in [0.29, 0.717) is 15.7 Å². The Bertz CT molecular complexity index is 1110. The lowest BCUT2D eigenvalue weighted by atomic mass is 10.0. The van der Waals surface area contributed by atoms with E-state index in [-0.39, 0.29) is 0 Å². The predicted molar refractivity (Wildman–Crippen MR) is 105 cm³/mol. The van der Waals surface area contributed by atoms with E-state index in [1.54, 1.807) is 18.2 Å². The number of fused-ring (bicyclic) bond motifs is 2. The summed E-state index contributed by atoms with van der Waals surface area (Å²) in [6.45, 7) is 1.53. The third-order valence-electron chi connectivity index (χ3n) is 5.91. The van der Waals surface area contributed by atoms with Gasteiger partial charge in [0.25, 0.3) is 0 Å². The molecule has 0 bridgehead atoms. The van der Waals surface area contributed by atoms with Crippen LogP contribution in [0.25, 0.3) is 11.0 Å². The normalized spacial score (nSPS) is 18.1. The average molecular weight is 382 g/mol. The summed E-state index contributed by atoms with van der Waals surface area (Å²) in [5.41, 5.74) is 3.68. The first-order valence-electron chi connectivity index (χ1n) is 9.69. The molecule has 140 valence electrons. The number of aromatic nitrogens is 2. The van der Waals surface area contributed by atoms with Gasteiger partial charge in [-0.05, 0) is 61.2 Å². The lowest BCUT2D eigenvalue weighted by Crippen LogP contribution is -2.25. The molecule has 6 heteroatoms. The fourth-order valence-corrected chi connectivity index (χ4v) is 6.03. The monoisotopic (exact) mass is 381 g/mol. The van der Waals surface area contributed by atoms with Gasteiger partial charge >= 0.3 is 0 Å². The van der Waals surface area contributed by atoms with Crippen molar-refractivity contribution in [1.82, 2.24) is 15.3 Å². The van der Waals surface area contributed by atoms with Crippen LogP contribution in [0.15, 0.2) is 46.2 Å². The summed E-state index contributed by atoms with van der Waals surface area (Å²) in [5.74, 6) is 1.48. The number of benzene rings is 2. The van der Waals surface area contributed by atoms with Crippen LogP contribution >= 0.6 is 0 Å². The zero-order chi connectivity index (χ0) is 18.4. The zero-order valence-electron chi connectivity index (χ0n) is 15.2. The summed E-state index contributed by atoms with van der Waals surface area (Å²) < 4.78 is 26.7. The largest absolute Gasteiger partial charge is 0.342 e. The summed E-state index contributed by atoms with van der Waals surface area (Å²) in [6, 6.07) is 10.8. The molecule has 0 unspecified atom stereocenters. The van der Waals surface area contributed by atoms with Gasteiger partial charge in [-0.25, -0.2) is 13.4 Å². The highest BCUT2D eigenvalue weighted by Gasteiger charge is 2.25. The van der Waals surface area contributed by atoms with Gasteiger partial charge in [0.2, 0.25) is 9.84 Å². The number of hydrogen-bond acceptors (Lipinski definition) is 4. The van der Waals surface area contributed by atoms with Crippen molar-refractivity contribution in [2.75, 3.05) is 6.54 Å². The van der Waals surface area contributed by atoms with Crippen LogP contribution in [-0.2, 0) is 22.8 Å². The van der Waals surface area contributed by atoms with Gasteiger partial charge in [-0.15, -0.1) is 0 Å². The second kappa shape index (κ2) is 6.46. The average Bonchev–Trinajstić information content (AvgIpc) is 3.36. The lowest BCUT2D eigenvalue weighted by molar-refractivity contribution is 0.589. The molecular formula is C21H23N3O2S. The summed E-state index contributed by atoms with van der Waals surface area (Å²) in [4.78, 5) is 8.86. The number of hydrogen-bond donors (Lipinski definition) is 2. The van der Waals surface area contributed by atoms with E-state index in [0.717, 1.165) is 60.3 Å². The van der Waals surface area contributed by atoms with Gasteiger partial charge < -0.3 is 10.3 Å². The van der Waals surface area contributed by atoms with Crippen molar-refractivity contribution >= 4 is 20.9 Å². The Balaban J connectivity index is 1.58. The van der Waals surface area contributed by atoms with Gasteiger partial charge in [0.1, 0.15) is 5.82 Å². The van der Waals surface area contributed by atoms with E-state index in [9.17, 15) is 8.42 Å². The quantitative estimate of drug-likeness (QED) is 0.725. The van der Waals surface area contributed by atoms with Crippen LogP contribution in [0.5, 0.6) is 0 Å². The van der Waals surface area contributed by atoms with Crippen LogP contribution < -0.4 is 5.32 Å². The van der Waals surface area contributed by atoms with E-state index in [4.69, 9.17) is 4.98 Å². The smallest absolute Gasteiger partial charge is 0.206 e. The molecule has 1 aliphatic heterocycles. The molecule has 1 saturated carbocycles. The van der Waals surface area contributed by atoms with E-state index in [2.05, 4.69) is 10.3 Å². The first-order chi connectivity index (χ1) is 13.1. The van der Waals surface area contributed by atoms with Gasteiger partial charge in [0.15, 0.2) is 0 Å². The Labute approximate surface area is 159 Å². The number of H-pyrrole nitrogens is 1. The van der Waals surface area contributed by atoms with Crippen molar-refractivity contribution in [1.29, 1.82) is 0 Å². The molecule has 2 N–H and O–H groups in total. The number of sulfone groups is 1. The first-order valence-corrected chi connectivity index (χ1v) is 11.2. The Kier molecular flexibility index (Phi) is 4.06. The van der Waals surface area contributed by atoms with Crippen molar-refractivity contribution in [3.63, 3.8) is 0 Å². The zero-order valence-corrected chi connectivity index (χ0v) is 16.0. The van der Waals surface area contributed by atoms with E-state index in [1.165, 1.54) is 12.8 Å². The van der Waals surface area contributed by atoms with Crippen molar-refractivity contribution in [3.05, 3.63) is 53.3 Å². The number of aromatic amines is 1. The van der Waals surface area contributed by atoms with Gasteiger partial charge in [-0.3, -0.25) is 0 Å². The summed E-state index contributed by atoms with van der Waals surface area (Å²) in [6.07, 6.45) is 5.55. The Morgan fingerprint density at radius 3 is 2.78 bits per heavy atom. The molecule has 0 atom stereocenters. The number of rotatable bonds is 3. The molecular weight excluding hydrogens is 358 g/mol.